The van der Waals surface area contributed by atoms with Crippen LogP contribution in [0.4, 0.5) is 14.5 Å². The van der Waals surface area contributed by atoms with Gasteiger partial charge in [-0.1, -0.05) is 0 Å². The molecule has 0 radical (unpaired) electrons. The Bertz CT molecular complexity index is 889. The summed E-state index contributed by atoms with van der Waals surface area (Å²) in [4.78, 5) is 2.41. The fourth-order valence-corrected chi connectivity index (χ4v) is 4.05. The van der Waals surface area contributed by atoms with Crippen molar-refractivity contribution in [2.75, 3.05) is 37.0 Å². The normalized spacial score (nSPS) is 14.7. The molecule has 1 fully saturated rings. The summed E-state index contributed by atoms with van der Waals surface area (Å²) in [6.07, 6.45) is 1.63. The number of hydrogen-bond acceptors (Lipinski definition) is 5. The maximum Gasteiger partial charge on any atom is 0.191 e. The van der Waals surface area contributed by atoms with Crippen LogP contribution in [0.5, 0.6) is 5.75 Å². The molecule has 29 heavy (non-hydrogen) atoms. The molecule has 1 aliphatic rings. The number of hydrazone groups is 1. The topological polar surface area (TPSA) is 48.9 Å². The van der Waals surface area contributed by atoms with Gasteiger partial charge in [0, 0.05) is 42.8 Å². The lowest BCUT2D eigenvalue weighted by molar-refractivity contribution is 0.288. The van der Waals surface area contributed by atoms with Crippen LogP contribution in [0, 0.1) is 11.6 Å². The molecule has 1 heterocycles. The summed E-state index contributed by atoms with van der Waals surface area (Å²) in [5.41, 5.74) is 4.69. The van der Waals surface area contributed by atoms with E-state index in [1.165, 1.54) is 6.07 Å². The lowest BCUT2D eigenvalue weighted by Gasteiger charge is -2.26. The molecule has 1 saturated heterocycles. The van der Waals surface area contributed by atoms with Crippen LogP contribution in [-0.2, 0) is 6.54 Å². The second kappa shape index (κ2) is 10.5. The Morgan fingerprint density at radius 3 is 2.76 bits per heavy atom. The van der Waals surface area contributed by atoms with Crippen molar-refractivity contribution >= 4 is 41.0 Å². The predicted octanol–water partition coefficient (Wildman–Crippen LogP) is 3.84. The number of anilines is 1. The van der Waals surface area contributed by atoms with Gasteiger partial charge in [0.05, 0.1) is 19.0 Å². The second-order valence-corrected chi connectivity index (χ2v) is 8.04. The van der Waals surface area contributed by atoms with Crippen LogP contribution >= 0.6 is 24.0 Å². The van der Waals surface area contributed by atoms with E-state index >= 15 is 0 Å². The lowest BCUT2D eigenvalue weighted by atomic mass is 10.1. The van der Waals surface area contributed by atoms with Gasteiger partial charge in [0.15, 0.2) is 5.11 Å². The maximum absolute atomic E-state index is 13.7. The molecule has 5 nitrogen and oxygen atoms in total. The number of nitrogens with zero attached hydrogens (tertiary/aromatic N) is 2. The summed E-state index contributed by atoms with van der Waals surface area (Å²) in [5.74, 6) is 1.76. The van der Waals surface area contributed by atoms with E-state index in [2.05, 4.69) is 20.7 Å². The zero-order chi connectivity index (χ0) is 20.6. The molecule has 0 spiro atoms. The minimum Gasteiger partial charge on any atom is -0.496 e. The Hall–Kier alpha value is -2.23. The summed E-state index contributed by atoms with van der Waals surface area (Å²) in [6, 6.07) is 9.06. The fraction of sp³-hybridized carbons (Fsp3) is 0.300. The van der Waals surface area contributed by atoms with Gasteiger partial charge in [0.2, 0.25) is 0 Å². The molecule has 1 aliphatic heterocycles. The van der Waals surface area contributed by atoms with Crippen molar-refractivity contribution in [3.05, 3.63) is 59.2 Å². The highest BCUT2D eigenvalue weighted by atomic mass is 32.2. The van der Waals surface area contributed by atoms with Gasteiger partial charge in [-0.15, -0.1) is 0 Å². The number of thiocarbonyl (C=S) groups is 1. The van der Waals surface area contributed by atoms with Crippen LogP contribution in [0.15, 0.2) is 41.5 Å². The van der Waals surface area contributed by atoms with Crippen molar-refractivity contribution in [1.29, 1.82) is 0 Å². The molecular weight excluding hydrogens is 414 g/mol. The molecule has 2 aromatic rings. The minimum absolute atomic E-state index is 0.0746. The Morgan fingerprint density at radius 1 is 1.24 bits per heavy atom. The first-order chi connectivity index (χ1) is 14.0. The summed E-state index contributed by atoms with van der Waals surface area (Å²) in [5, 5.41) is 6.84. The van der Waals surface area contributed by atoms with Gasteiger partial charge >= 0.3 is 0 Å². The first-order valence-corrected chi connectivity index (χ1v) is 10.6. The summed E-state index contributed by atoms with van der Waals surface area (Å²) < 4.78 is 32.1. The van der Waals surface area contributed by atoms with Crippen LogP contribution in [0.3, 0.4) is 0 Å². The van der Waals surface area contributed by atoms with E-state index in [1.54, 1.807) is 13.3 Å². The molecule has 0 amide bonds. The number of methoxy groups -OCH3 is 1. The molecule has 2 N–H and O–H groups in total. The first kappa shape index (κ1) is 21.5. The Balaban J connectivity index is 1.60. The Labute approximate surface area is 178 Å². The minimum atomic E-state index is -0.728. The molecule has 0 saturated carbocycles. The first-order valence-electron chi connectivity index (χ1n) is 9.07. The third kappa shape index (κ3) is 6.38. The molecule has 2 aromatic carbocycles. The number of hydrogen-bond donors (Lipinski definition) is 2. The molecule has 0 unspecified atom stereocenters. The van der Waals surface area contributed by atoms with E-state index < -0.39 is 11.6 Å². The summed E-state index contributed by atoms with van der Waals surface area (Å²) in [7, 11) is 1.67. The van der Waals surface area contributed by atoms with Crippen molar-refractivity contribution < 1.29 is 13.5 Å². The van der Waals surface area contributed by atoms with Gasteiger partial charge in [0.25, 0.3) is 0 Å². The molecule has 9 heteroatoms. The van der Waals surface area contributed by atoms with Crippen molar-refractivity contribution in [3.8, 4) is 5.75 Å². The van der Waals surface area contributed by atoms with E-state index in [4.69, 9.17) is 17.0 Å². The molecule has 0 aliphatic carbocycles. The van der Waals surface area contributed by atoms with Crippen LogP contribution in [0.2, 0.25) is 0 Å². The van der Waals surface area contributed by atoms with Crippen molar-refractivity contribution in [2.45, 2.75) is 6.54 Å². The number of nitrogens with one attached hydrogen (secondary N) is 2. The van der Waals surface area contributed by atoms with Crippen molar-refractivity contribution in [1.82, 2.24) is 10.3 Å². The van der Waals surface area contributed by atoms with Crippen molar-refractivity contribution in [3.63, 3.8) is 0 Å². The van der Waals surface area contributed by atoms with Gasteiger partial charge < -0.3 is 10.1 Å². The number of rotatable bonds is 6. The molecule has 0 aromatic heterocycles. The highest BCUT2D eigenvalue weighted by molar-refractivity contribution is 7.99. The smallest absolute Gasteiger partial charge is 0.191 e. The largest absolute Gasteiger partial charge is 0.496 e. The Morgan fingerprint density at radius 2 is 2.03 bits per heavy atom. The van der Waals surface area contributed by atoms with Crippen molar-refractivity contribution in [2.24, 2.45) is 5.10 Å². The summed E-state index contributed by atoms with van der Waals surface area (Å²) in [6.45, 7) is 2.95. The van der Waals surface area contributed by atoms with Gasteiger partial charge in [-0.3, -0.25) is 10.3 Å². The Kier molecular flexibility index (Phi) is 7.79. The molecular formula is C20H22F2N4OS2. The number of ether oxygens (including phenoxy) is 1. The van der Waals surface area contributed by atoms with Gasteiger partial charge in [-0.2, -0.15) is 16.9 Å². The third-order valence-electron chi connectivity index (χ3n) is 4.36. The van der Waals surface area contributed by atoms with Gasteiger partial charge in [-0.25, -0.2) is 8.78 Å². The van der Waals surface area contributed by atoms with E-state index in [1.807, 2.05) is 30.0 Å². The average Bonchev–Trinajstić information content (AvgIpc) is 2.71. The number of thioether (sulfide) groups is 1. The van der Waals surface area contributed by atoms with Crippen LogP contribution in [-0.4, -0.2) is 47.9 Å². The van der Waals surface area contributed by atoms with E-state index in [0.29, 0.717) is 0 Å². The monoisotopic (exact) mass is 436 g/mol. The number of benzene rings is 2. The second-order valence-electron chi connectivity index (χ2n) is 6.41. The predicted molar refractivity (Wildman–Crippen MR) is 119 cm³/mol. The van der Waals surface area contributed by atoms with E-state index in [-0.39, 0.29) is 10.8 Å². The molecule has 154 valence electrons. The summed E-state index contributed by atoms with van der Waals surface area (Å²) >= 11 is 7.07. The highest BCUT2D eigenvalue weighted by Gasteiger charge is 2.13. The molecule has 0 atom stereocenters. The van der Waals surface area contributed by atoms with Crippen LogP contribution in [0.25, 0.3) is 0 Å². The molecule has 3 rings (SSSR count). The number of halogens is 2. The lowest BCUT2D eigenvalue weighted by Crippen LogP contribution is -2.32. The van der Waals surface area contributed by atoms with E-state index in [0.717, 1.165) is 60.1 Å². The third-order valence-corrected chi connectivity index (χ3v) is 5.50. The van der Waals surface area contributed by atoms with Gasteiger partial charge in [-0.05, 0) is 48.1 Å². The SMILES string of the molecule is COc1ccc(/C=N\NC(=S)Nc2ccc(F)cc2F)cc1CN1CCSCC1. The standard InChI is InChI=1S/C20H22F2N4OS2/c1-27-19-5-2-14(10-15(19)13-26-6-8-29-9-7-26)12-23-25-20(28)24-18-4-3-16(21)11-17(18)22/h2-5,10-12H,6-9,13H2,1H3,(H2,24,25,28)/b23-12-. The quantitative estimate of drug-likeness (QED) is 0.408. The maximum atomic E-state index is 13.7. The zero-order valence-electron chi connectivity index (χ0n) is 16.0. The zero-order valence-corrected chi connectivity index (χ0v) is 17.6. The van der Waals surface area contributed by atoms with Crippen LogP contribution < -0.4 is 15.5 Å². The van der Waals surface area contributed by atoms with Crippen LogP contribution in [0.1, 0.15) is 11.1 Å². The van der Waals surface area contributed by atoms with Gasteiger partial charge in [0.1, 0.15) is 17.4 Å². The molecule has 0 bridgehead atoms. The fourth-order valence-electron chi connectivity index (χ4n) is 2.91. The highest BCUT2D eigenvalue weighted by Crippen LogP contribution is 2.22. The average molecular weight is 437 g/mol. The van der Waals surface area contributed by atoms with E-state index in [9.17, 15) is 8.78 Å².